The monoisotopic (exact) mass is 316 g/mol. The van der Waals surface area contributed by atoms with E-state index in [1.54, 1.807) is 0 Å². The molecule has 3 fully saturated rings. The fourth-order valence-corrected chi connectivity index (χ4v) is 7.39. The van der Waals surface area contributed by atoms with E-state index in [-0.39, 0.29) is 11.5 Å². The van der Waals surface area contributed by atoms with Crippen LogP contribution in [0.25, 0.3) is 0 Å². The van der Waals surface area contributed by atoms with Crippen LogP contribution in [0.4, 0.5) is 0 Å². The van der Waals surface area contributed by atoms with Gasteiger partial charge in [-0.05, 0) is 92.4 Å². The molecule has 0 aromatic carbocycles. The van der Waals surface area contributed by atoms with Gasteiger partial charge in [0.25, 0.3) is 0 Å². The Morgan fingerprint density at radius 2 is 1.87 bits per heavy atom. The van der Waals surface area contributed by atoms with Crippen LogP contribution in [0.5, 0.6) is 0 Å². The Bertz CT molecular complexity index is 548. The van der Waals surface area contributed by atoms with Crippen LogP contribution in [-0.2, 0) is 4.79 Å². The molecular weight excluding hydrogens is 284 g/mol. The average Bonchev–Trinajstić information content (AvgIpc) is 2.85. The molecule has 4 rings (SSSR count). The molecule has 0 aliphatic heterocycles. The van der Waals surface area contributed by atoms with Gasteiger partial charge in [-0.15, -0.1) is 0 Å². The minimum atomic E-state index is -0.163. The zero-order valence-corrected chi connectivity index (χ0v) is 15.0. The molecular formula is C21H32O2. The molecule has 0 spiro atoms. The van der Waals surface area contributed by atoms with Crippen molar-refractivity contribution in [3.63, 3.8) is 0 Å². The molecule has 2 heteroatoms. The van der Waals surface area contributed by atoms with Gasteiger partial charge in [0.2, 0.25) is 0 Å². The molecule has 0 amide bonds. The van der Waals surface area contributed by atoms with Crippen molar-refractivity contribution in [1.82, 2.24) is 0 Å². The van der Waals surface area contributed by atoms with Crippen molar-refractivity contribution in [2.75, 3.05) is 0 Å². The predicted molar refractivity (Wildman–Crippen MR) is 91.9 cm³/mol. The molecule has 7 atom stereocenters. The van der Waals surface area contributed by atoms with Crippen molar-refractivity contribution in [2.45, 2.75) is 78.2 Å². The Labute approximate surface area is 140 Å². The van der Waals surface area contributed by atoms with Gasteiger partial charge in [0, 0.05) is 6.42 Å². The van der Waals surface area contributed by atoms with Crippen molar-refractivity contribution in [3.05, 3.63) is 11.6 Å². The first kappa shape index (κ1) is 15.9. The molecule has 0 aromatic heterocycles. The van der Waals surface area contributed by atoms with Gasteiger partial charge < -0.3 is 5.11 Å². The molecule has 1 N–H and O–H groups in total. The lowest BCUT2D eigenvalue weighted by molar-refractivity contribution is -0.117. The number of rotatable bonds is 1. The summed E-state index contributed by atoms with van der Waals surface area (Å²) in [4.78, 5) is 11.9. The first-order chi connectivity index (χ1) is 10.9. The summed E-state index contributed by atoms with van der Waals surface area (Å²) in [5.41, 5.74) is 2.09. The van der Waals surface area contributed by atoms with Crippen LogP contribution < -0.4 is 0 Å². The highest BCUT2D eigenvalue weighted by atomic mass is 16.3. The molecule has 0 bridgehead atoms. The van der Waals surface area contributed by atoms with Crippen LogP contribution in [0.3, 0.4) is 0 Å². The van der Waals surface area contributed by atoms with Crippen molar-refractivity contribution >= 4 is 5.78 Å². The number of allylic oxidation sites excluding steroid dienone is 1. The third-order valence-electron chi connectivity index (χ3n) is 8.62. The molecule has 23 heavy (non-hydrogen) atoms. The standard InChI is InChI=1S/C21H32O2/c1-13(22)17-6-7-18-16-5-4-14-12-15(23)8-10-20(14,2)19(16)9-11-21(17,18)3/h12-13,16-19,22H,4-11H2,1-3H3/t13-,16-,17+,18-,19-,20+,21-/m1/s1. The molecule has 0 radical (unpaired) electrons. The smallest absolute Gasteiger partial charge is 0.155 e. The van der Waals surface area contributed by atoms with E-state index in [1.807, 2.05) is 13.0 Å². The van der Waals surface area contributed by atoms with Gasteiger partial charge in [-0.2, -0.15) is 0 Å². The molecule has 0 unspecified atom stereocenters. The van der Waals surface area contributed by atoms with Crippen LogP contribution >= 0.6 is 0 Å². The Kier molecular flexibility index (Phi) is 3.58. The molecule has 3 saturated carbocycles. The van der Waals surface area contributed by atoms with E-state index < -0.39 is 0 Å². The number of carbonyl (C=O) groups is 1. The van der Waals surface area contributed by atoms with E-state index in [0.717, 1.165) is 37.0 Å². The molecule has 128 valence electrons. The van der Waals surface area contributed by atoms with Crippen LogP contribution in [0.15, 0.2) is 11.6 Å². The fourth-order valence-electron chi connectivity index (χ4n) is 7.39. The van der Waals surface area contributed by atoms with E-state index in [2.05, 4.69) is 13.8 Å². The summed E-state index contributed by atoms with van der Waals surface area (Å²) in [6.07, 6.45) is 11.1. The summed E-state index contributed by atoms with van der Waals surface area (Å²) < 4.78 is 0. The van der Waals surface area contributed by atoms with E-state index in [0.29, 0.717) is 17.1 Å². The molecule has 0 heterocycles. The van der Waals surface area contributed by atoms with Crippen LogP contribution in [0.2, 0.25) is 0 Å². The predicted octanol–water partition coefficient (Wildman–Crippen LogP) is 4.52. The Hall–Kier alpha value is -0.630. The van der Waals surface area contributed by atoms with E-state index in [9.17, 15) is 9.90 Å². The lowest BCUT2D eigenvalue weighted by atomic mass is 9.46. The third-order valence-corrected chi connectivity index (χ3v) is 8.62. The highest BCUT2D eigenvalue weighted by Gasteiger charge is 2.59. The zero-order valence-electron chi connectivity index (χ0n) is 15.0. The van der Waals surface area contributed by atoms with Gasteiger partial charge in [-0.1, -0.05) is 19.4 Å². The molecule has 0 aromatic rings. The largest absolute Gasteiger partial charge is 0.393 e. The summed E-state index contributed by atoms with van der Waals surface area (Å²) in [6, 6.07) is 0. The van der Waals surface area contributed by atoms with Gasteiger partial charge in [0.1, 0.15) is 0 Å². The van der Waals surface area contributed by atoms with Gasteiger partial charge >= 0.3 is 0 Å². The van der Waals surface area contributed by atoms with Gasteiger partial charge in [0.05, 0.1) is 6.10 Å². The van der Waals surface area contributed by atoms with Gasteiger partial charge in [-0.25, -0.2) is 0 Å². The summed E-state index contributed by atoms with van der Waals surface area (Å²) in [5.74, 6) is 3.21. The topological polar surface area (TPSA) is 37.3 Å². The number of fused-ring (bicyclic) bond motifs is 5. The lowest BCUT2D eigenvalue weighted by Crippen LogP contribution is -2.51. The molecule has 0 saturated heterocycles. The normalized spacial score (nSPS) is 50.6. The first-order valence-corrected chi connectivity index (χ1v) is 9.78. The SMILES string of the molecule is C[C@@H](O)[C@@H]1CC[C@@H]2[C@H]3CCC4=CC(=O)CC[C@]4(C)[C@@H]3CC[C@@]21C. The average molecular weight is 316 g/mol. The lowest BCUT2D eigenvalue weighted by Gasteiger charge is -2.58. The summed E-state index contributed by atoms with van der Waals surface area (Å²) in [5, 5.41) is 10.3. The second-order valence-corrected chi connectivity index (χ2v) is 9.44. The van der Waals surface area contributed by atoms with Crippen LogP contribution in [0, 0.1) is 34.5 Å². The molecule has 4 aliphatic rings. The van der Waals surface area contributed by atoms with Gasteiger partial charge in [-0.3, -0.25) is 4.79 Å². The Morgan fingerprint density at radius 1 is 1.09 bits per heavy atom. The van der Waals surface area contributed by atoms with Crippen molar-refractivity contribution < 1.29 is 9.90 Å². The molecule has 2 nitrogen and oxygen atoms in total. The number of aliphatic hydroxyl groups is 1. The highest BCUT2D eigenvalue weighted by Crippen LogP contribution is 2.66. The van der Waals surface area contributed by atoms with Crippen molar-refractivity contribution in [3.8, 4) is 0 Å². The number of carbonyl (C=O) groups excluding carboxylic acids is 1. The quantitative estimate of drug-likeness (QED) is 0.772. The Morgan fingerprint density at radius 3 is 2.61 bits per heavy atom. The van der Waals surface area contributed by atoms with E-state index >= 15 is 0 Å². The number of aliphatic hydroxyl groups excluding tert-OH is 1. The van der Waals surface area contributed by atoms with Crippen LogP contribution in [0.1, 0.15) is 72.1 Å². The summed E-state index contributed by atoms with van der Waals surface area (Å²) >= 11 is 0. The first-order valence-electron chi connectivity index (χ1n) is 9.78. The van der Waals surface area contributed by atoms with Crippen molar-refractivity contribution in [1.29, 1.82) is 0 Å². The van der Waals surface area contributed by atoms with Crippen molar-refractivity contribution in [2.24, 2.45) is 34.5 Å². The third kappa shape index (κ3) is 2.13. The summed E-state index contributed by atoms with van der Waals surface area (Å²) in [7, 11) is 0. The second kappa shape index (κ2) is 5.18. The minimum Gasteiger partial charge on any atom is -0.393 e. The highest BCUT2D eigenvalue weighted by molar-refractivity contribution is 5.91. The second-order valence-electron chi connectivity index (χ2n) is 9.44. The van der Waals surface area contributed by atoms with E-state index in [1.165, 1.54) is 37.7 Å². The maximum absolute atomic E-state index is 11.9. The maximum atomic E-state index is 11.9. The number of hydrogen-bond donors (Lipinski definition) is 1. The Balaban J connectivity index is 1.66. The van der Waals surface area contributed by atoms with Gasteiger partial charge in [0.15, 0.2) is 5.78 Å². The minimum absolute atomic E-state index is 0.163. The number of hydrogen-bond acceptors (Lipinski definition) is 2. The van der Waals surface area contributed by atoms with Crippen LogP contribution in [-0.4, -0.2) is 17.0 Å². The maximum Gasteiger partial charge on any atom is 0.155 e. The number of ketones is 1. The zero-order chi connectivity index (χ0) is 16.4. The fraction of sp³-hybridized carbons (Fsp3) is 0.857. The molecule has 4 aliphatic carbocycles. The van der Waals surface area contributed by atoms with E-state index in [4.69, 9.17) is 0 Å². The summed E-state index contributed by atoms with van der Waals surface area (Å²) in [6.45, 7) is 6.92.